The highest BCUT2D eigenvalue weighted by molar-refractivity contribution is 6.30. The van der Waals surface area contributed by atoms with Gasteiger partial charge in [0.1, 0.15) is 29.2 Å². The van der Waals surface area contributed by atoms with E-state index >= 15 is 0 Å². The third-order valence-corrected chi connectivity index (χ3v) is 11.8. The van der Waals surface area contributed by atoms with Crippen LogP contribution in [0.5, 0.6) is 5.75 Å². The summed E-state index contributed by atoms with van der Waals surface area (Å²) in [6, 6.07) is 34.2. The zero-order valence-electron chi connectivity index (χ0n) is 36.0. The van der Waals surface area contributed by atoms with Crippen LogP contribution in [0.1, 0.15) is 53.0 Å². The van der Waals surface area contributed by atoms with E-state index in [1.54, 1.807) is 41.2 Å². The van der Waals surface area contributed by atoms with Gasteiger partial charge in [-0.3, -0.25) is 14.1 Å². The number of nitrogens with zero attached hydrogens (tertiary/aromatic N) is 6. The molecule has 2 fully saturated rings. The van der Waals surface area contributed by atoms with Crippen LogP contribution in [-0.4, -0.2) is 89.0 Å². The molecule has 7 aromatic rings. The lowest BCUT2D eigenvalue weighted by Gasteiger charge is -2.34. The van der Waals surface area contributed by atoms with Gasteiger partial charge in [-0.1, -0.05) is 54.9 Å². The van der Waals surface area contributed by atoms with E-state index < -0.39 is 6.36 Å². The van der Waals surface area contributed by atoms with Crippen LogP contribution in [0.25, 0.3) is 16.6 Å². The number of carbonyl (C=O) groups is 1. The monoisotopic (exact) mass is 905 g/mol. The minimum Gasteiger partial charge on any atom is -0.406 e. The number of morpholine rings is 1. The maximum Gasteiger partial charge on any atom is 0.573 e. The zero-order valence-corrected chi connectivity index (χ0v) is 36.8. The number of aryl methyl sites for hydroxylation is 1. The van der Waals surface area contributed by atoms with E-state index in [4.69, 9.17) is 16.3 Å². The molecule has 9 rings (SSSR count). The second-order valence-corrected chi connectivity index (χ2v) is 16.3. The van der Waals surface area contributed by atoms with E-state index in [2.05, 4.69) is 81.8 Å². The van der Waals surface area contributed by atoms with Crippen LogP contribution in [-0.2, 0) is 17.7 Å². The standard InChI is InChI=1S/C29H28ClF3N4O2.C20H23N5O/c1-2-25-27(37-18-22(30)7-12-26(37)35-25)28(38)34-17-19-3-8-23(9-4-19)36-15-13-21(14-16-36)20-5-10-24(11-6-20)39-29(31,32)33;1-2-4-19-18(3-1)20(23-15-22-19)24-17-7-5-16(6-8-17)21-9-10-25-11-13-26-14-12-25/h3-12,18,21H,2,13-17H2,1H3,(H,34,38);1-8,15,21H,9-14H2,(H,22,23,24). The SMILES string of the molecule is CCc1nc2ccc(Cl)cn2c1C(=O)NCc1ccc(N2CCC(c3ccc(OC(F)(F)F)cc3)CC2)cc1.c1ccc2c(Nc3ccc(NCCN4CCOCC4)cc3)ncnc2c1. The summed E-state index contributed by atoms with van der Waals surface area (Å²) in [7, 11) is 0. The number of fused-ring (bicyclic) bond motifs is 2. The Hall–Kier alpha value is -6.42. The molecule has 2 aliphatic rings. The molecule has 0 bridgehead atoms. The van der Waals surface area contributed by atoms with Crippen LogP contribution >= 0.6 is 11.6 Å². The number of pyridine rings is 1. The van der Waals surface area contributed by atoms with Crippen LogP contribution in [0, 0.1) is 0 Å². The third kappa shape index (κ3) is 12.0. The Labute approximate surface area is 380 Å². The minimum absolute atomic E-state index is 0.200. The predicted octanol–water partition coefficient (Wildman–Crippen LogP) is 9.88. The Balaban J connectivity index is 0.000000192. The van der Waals surface area contributed by atoms with Gasteiger partial charge in [0, 0.05) is 74.5 Å². The molecule has 0 spiro atoms. The van der Waals surface area contributed by atoms with Crippen molar-refractivity contribution < 1.29 is 27.4 Å². The number of imidazole rings is 1. The van der Waals surface area contributed by atoms with Crippen LogP contribution in [0.15, 0.2) is 122 Å². The summed E-state index contributed by atoms with van der Waals surface area (Å²) in [5.41, 5.74) is 8.07. The van der Waals surface area contributed by atoms with Crippen LogP contribution in [0.3, 0.4) is 0 Å². The van der Waals surface area contributed by atoms with Crippen LogP contribution < -0.4 is 25.6 Å². The smallest absolute Gasteiger partial charge is 0.406 e. The molecule has 4 aromatic carbocycles. The van der Waals surface area contributed by atoms with E-state index in [9.17, 15) is 18.0 Å². The molecule has 0 aliphatic carbocycles. The number of nitrogens with one attached hydrogen (secondary N) is 3. The summed E-state index contributed by atoms with van der Waals surface area (Å²) in [5.74, 6) is 0.710. The molecule has 338 valence electrons. The first-order chi connectivity index (χ1) is 31.6. The number of ether oxygens (including phenoxy) is 2. The lowest BCUT2D eigenvalue weighted by Crippen LogP contribution is -2.38. The first-order valence-corrected chi connectivity index (χ1v) is 22.2. The van der Waals surface area contributed by atoms with Gasteiger partial charge >= 0.3 is 6.36 Å². The Bertz CT molecular complexity index is 2640. The molecule has 2 saturated heterocycles. The lowest BCUT2D eigenvalue weighted by molar-refractivity contribution is -0.274. The summed E-state index contributed by atoms with van der Waals surface area (Å²) >= 11 is 6.14. The van der Waals surface area contributed by atoms with Crippen molar-refractivity contribution >= 4 is 56.9 Å². The molecular formula is C49H51ClF3N9O3. The topological polar surface area (TPSA) is 121 Å². The number of alkyl halides is 3. The van der Waals surface area contributed by atoms with Gasteiger partial charge in [0.05, 0.1) is 29.4 Å². The number of aromatic nitrogens is 4. The maximum absolute atomic E-state index is 13.0. The van der Waals surface area contributed by atoms with Crippen molar-refractivity contribution in [3.8, 4) is 5.75 Å². The number of anilines is 4. The van der Waals surface area contributed by atoms with Gasteiger partial charge in [-0.25, -0.2) is 15.0 Å². The summed E-state index contributed by atoms with van der Waals surface area (Å²) in [6.07, 6.45) is 1.04. The summed E-state index contributed by atoms with van der Waals surface area (Å²) in [5, 5.41) is 11.4. The molecule has 0 radical (unpaired) electrons. The molecule has 3 N–H and O–H groups in total. The molecule has 16 heteroatoms. The minimum atomic E-state index is -4.68. The second kappa shape index (κ2) is 21.0. The molecule has 65 heavy (non-hydrogen) atoms. The normalized spacial score (nSPS) is 14.8. The number of amides is 1. The fourth-order valence-corrected chi connectivity index (χ4v) is 8.31. The number of carbonyl (C=O) groups excluding carboxylic acids is 1. The highest BCUT2D eigenvalue weighted by Gasteiger charge is 2.31. The van der Waals surface area contributed by atoms with Crippen molar-refractivity contribution in [1.29, 1.82) is 0 Å². The number of para-hydroxylation sites is 1. The van der Waals surface area contributed by atoms with E-state index in [1.807, 2.05) is 43.3 Å². The maximum atomic E-state index is 13.0. The summed E-state index contributed by atoms with van der Waals surface area (Å²) in [4.78, 5) is 31.0. The number of hydrogen-bond acceptors (Lipinski definition) is 10. The number of benzene rings is 4. The van der Waals surface area contributed by atoms with E-state index in [0.717, 1.165) is 116 Å². The van der Waals surface area contributed by atoms with Gasteiger partial charge in [-0.2, -0.15) is 0 Å². The first kappa shape index (κ1) is 45.2. The van der Waals surface area contributed by atoms with Gasteiger partial charge in [-0.15, -0.1) is 13.2 Å². The Kier molecular flexibility index (Phi) is 14.6. The number of hydrogen-bond donors (Lipinski definition) is 3. The molecule has 0 saturated carbocycles. The highest BCUT2D eigenvalue weighted by atomic mass is 35.5. The fraction of sp³-hybridized carbons (Fsp3) is 0.306. The van der Waals surface area contributed by atoms with Crippen molar-refractivity contribution in [2.24, 2.45) is 0 Å². The lowest BCUT2D eigenvalue weighted by atomic mass is 9.89. The molecular weight excluding hydrogens is 855 g/mol. The van der Waals surface area contributed by atoms with Crippen molar-refractivity contribution in [3.63, 3.8) is 0 Å². The molecule has 0 unspecified atom stereocenters. The summed E-state index contributed by atoms with van der Waals surface area (Å²) in [6.45, 7) is 9.75. The van der Waals surface area contributed by atoms with E-state index in [1.165, 1.54) is 12.1 Å². The van der Waals surface area contributed by atoms with Crippen LogP contribution in [0.4, 0.5) is 36.1 Å². The second-order valence-electron chi connectivity index (χ2n) is 15.9. The van der Waals surface area contributed by atoms with Gasteiger partial charge < -0.3 is 30.3 Å². The van der Waals surface area contributed by atoms with Crippen molar-refractivity contribution in [2.75, 3.05) is 68.0 Å². The summed E-state index contributed by atoms with van der Waals surface area (Å²) < 4.78 is 48.3. The van der Waals surface area contributed by atoms with Gasteiger partial charge in [0.2, 0.25) is 0 Å². The molecule has 1 amide bonds. The number of halogens is 4. The number of piperidine rings is 1. The fourth-order valence-electron chi connectivity index (χ4n) is 8.15. The molecule has 2 aliphatic heterocycles. The van der Waals surface area contributed by atoms with Gasteiger partial charge in [0.25, 0.3) is 5.91 Å². The Morgan fingerprint density at radius 3 is 2.31 bits per heavy atom. The van der Waals surface area contributed by atoms with Gasteiger partial charge in [-0.05, 0) is 109 Å². The highest BCUT2D eigenvalue weighted by Crippen LogP contribution is 2.33. The van der Waals surface area contributed by atoms with Crippen molar-refractivity contribution in [1.82, 2.24) is 29.6 Å². The number of rotatable bonds is 13. The average Bonchev–Trinajstić information content (AvgIpc) is 3.70. The van der Waals surface area contributed by atoms with Crippen molar-refractivity contribution in [2.45, 2.75) is 45.0 Å². The van der Waals surface area contributed by atoms with Crippen LogP contribution in [0.2, 0.25) is 5.02 Å². The average molecular weight is 906 g/mol. The predicted molar refractivity (Wildman–Crippen MR) is 250 cm³/mol. The molecule has 5 heterocycles. The Morgan fingerprint density at radius 2 is 1.58 bits per heavy atom. The quantitative estimate of drug-likeness (QED) is 0.103. The van der Waals surface area contributed by atoms with E-state index in [-0.39, 0.29) is 17.6 Å². The van der Waals surface area contributed by atoms with Crippen molar-refractivity contribution in [3.05, 3.63) is 149 Å². The zero-order chi connectivity index (χ0) is 45.2. The van der Waals surface area contributed by atoms with Gasteiger partial charge in [0.15, 0.2) is 0 Å². The van der Waals surface area contributed by atoms with E-state index in [0.29, 0.717) is 29.3 Å². The molecule has 3 aromatic heterocycles. The largest absolute Gasteiger partial charge is 0.573 e. The molecule has 12 nitrogen and oxygen atoms in total. The molecule has 0 atom stereocenters. The third-order valence-electron chi connectivity index (χ3n) is 11.6. The first-order valence-electron chi connectivity index (χ1n) is 21.8. The Morgan fingerprint density at radius 1 is 0.862 bits per heavy atom.